The summed E-state index contributed by atoms with van der Waals surface area (Å²) in [5.74, 6) is 0. The molecule has 3 heterocycles. The molecular weight excluding hydrogens is 326 g/mol. The van der Waals surface area contributed by atoms with Gasteiger partial charge in [0.1, 0.15) is 6.04 Å². The van der Waals surface area contributed by atoms with E-state index in [1.807, 2.05) is 12.1 Å². The highest BCUT2D eigenvalue weighted by molar-refractivity contribution is 8.14. The molecule has 2 unspecified atom stereocenters. The van der Waals surface area contributed by atoms with Gasteiger partial charge in [0.15, 0.2) is 5.17 Å². The molecule has 0 fully saturated rings. The smallest absolute Gasteiger partial charge is 0.275 e. The molecule has 1 aromatic heterocycles. The summed E-state index contributed by atoms with van der Waals surface area (Å²) in [5.41, 5.74) is 2.70. The predicted octanol–water partition coefficient (Wildman–Crippen LogP) is 2.76. The summed E-state index contributed by atoms with van der Waals surface area (Å²) in [5, 5.41) is 12.9. The number of para-hydroxylation sites is 1. The zero-order valence-corrected chi connectivity index (χ0v) is 14.0. The normalized spacial score (nSPS) is 23.0. The molecule has 1 N–H and O–H groups in total. The lowest BCUT2D eigenvalue weighted by Gasteiger charge is -2.36. The van der Waals surface area contributed by atoms with Crippen molar-refractivity contribution in [3.8, 4) is 0 Å². The van der Waals surface area contributed by atoms with Crippen molar-refractivity contribution in [2.45, 2.75) is 24.6 Å². The van der Waals surface area contributed by atoms with Crippen molar-refractivity contribution in [3.63, 3.8) is 0 Å². The molecule has 0 aliphatic carbocycles. The predicted molar refractivity (Wildman–Crippen MR) is 93.3 cm³/mol. The van der Waals surface area contributed by atoms with Crippen LogP contribution in [-0.2, 0) is 6.42 Å². The Labute approximate surface area is 143 Å². The molecule has 0 amide bonds. The Morgan fingerprint density at radius 1 is 1.42 bits per heavy atom. The topological polar surface area (TPSA) is 87.4 Å². The lowest BCUT2D eigenvalue weighted by atomic mass is 9.95. The lowest BCUT2D eigenvalue weighted by Crippen LogP contribution is -2.39. The molecule has 8 heteroatoms. The number of imidazole rings is 1. The highest BCUT2D eigenvalue weighted by Crippen LogP contribution is 2.40. The number of hydrogen-bond donors (Lipinski definition) is 1. The van der Waals surface area contributed by atoms with Crippen LogP contribution in [0.15, 0.2) is 35.6 Å². The van der Waals surface area contributed by atoms with Gasteiger partial charge in [0, 0.05) is 30.0 Å². The molecule has 0 spiro atoms. The van der Waals surface area contributed by atoms with Gasteiger partial charge < -0.3 is 9.88 Å². The zero-order valence-electron chi connectivity index (χ0n) is 13.2. The molecule has 0 radical (unpaired) electrons. The monoisotopic (exact) mass is 343 g/mol. The average molecular weight is 343 g/mol. The summed E-state index contributed by atoms with van der Waals surface area (Å²) in [6.07, 6.45) is 2.50. The maximum absolute atomic E-state index is 11.5. The van der Waals surface area contributed by atoms with Gasteiger partial charge in [-0.1, -0.05) is 30.8 Å². The summed E-state index contributed by atoms with van der Waals surface area (Å²) < 4.78 is 0. The first kappa shape index (κ1) is 15.2. The van der Waals surface area contributed by atoms with Crippen LogP contribution in [0.25, 0.3) is 0 Å². The number of aliphatic imine (C=N–C) groups is 1. The van der Waals surface area contributed by atoms with Crippen molar-refractivity contribution in [2.75, 3.05) is 13.1 Å². The lowest BCUT2D eigenvalue weighted by molar-refractivity contribution is -0.385. The average Bonchev–Trinajstić information content (AvgIpc) is 3.22. The first-order chi connectivity index (χ1) is 11.6. The number of hydrogen-bond acceptors (Lipinski definition) is 6. The SMILES string of the molecule is CC1CN=C(N2CCc3[nH]cnc3C2c2ccccc2[N+](=O)[O-])S1. The number of thioether (sulfide) groups is 1. The van der Waals surface area contributed by atoms with Crippen LogP contribution in [0.4, 0.5) is 5.69 Å². The first-order valence-electron chi connectivity index (χ1n) is 7.88. The molecule has 124 valence electrons. The maximum Gasteiger partial charge on any atom is 0.275 e. The van der Waals surface area contributed by atoms with E-state index in [-0.39, 0.29) is 16.7 Å². The Hall–Kier alpha value is -2.35. The van der Waals surface area contributed by atoms with E-state index in [0.29, 0.717) is 10.8 Å². The Bertz CT molecular complexity index is 818. The molecule has 7 nitrogen and oxygen atoms in total. The van der Waals surface area contributed by atoms with Crippen molar-refractivity contribution >= 4 is 22.6 Å². The van der Waals surface area contributed by atoms with Crippen molar-refractivity contribution in [2.24, 2.45) is 4.99 Å². The van der Waals surface area contributed by atoms with Crippen LogP contribution < -0.4 is 0 Å². The number of benzene rings is 1. The summed E-state index contributed by atoms with van der Waals surface area (Å²) in [4.78, 5) is 25.7. The van der Waals surface area contributed by atoms with Crippen molar-refractivity contribution in [1.82, 2.24) is 14.9 Å². The molecule has 24 heavy (non-hydrogen) atoms. The number of rotatable bonds is 2. The minimum atomic E-state index is -0.319. The third-order valence-corrected chi connectivity index (χ3v) is 5.51. The maximum atomic E-state index is 11.5. The number of amidine groups is 1. The second-order valence-corrected chi connectivity index (χ2v) is 7.39. The Kier molecular flexibility index (Phi) is 3.76. The molecule has 0 saturated carbocycles. The van der Waals surface area contributed by atoms with Crippen LogP contribution in [0.1, 0.15) is 29.9 Å². The van der Waals surface area contributed by atoms with E-state index < -0.39 is 0 Å². The molecule has 0 bridgehead atoms. The van der Waals surface area contributed by atoms with Crippen molar-refractivity contribution in [3.05, 3.63) is 57.7 Å². The molecule has 2 aliphatic heterocycles. The number of aromatic amines is 1. The molecule has 4 rings (SSSR count). The van der Waals surface area contributed by atoms with E-state index in [4.69, 9.17) is 0 Å². The van der Waals surface area contributed by atoms with Gasteiger partial charge >= 0.3 is 0 Å². The number of fused-ring (bicyclic) bond motifs is 1. The van der Waals surface area contributed by atoms with Crippen LogP contribution >= 0.6 is 11.8 Å². The summed E-state index contributed by atoms with van der Waals surface area (Å²) >= 11 is 1.73. The minimum absolute atomic E-state index is 0.125. The van der Waals surface area contributed by atoms with Crippen LogP contribution in [0.5, 0.6) is 0 Å². The minimum Gasteiger partial charge on any atom is -0.348 e. The quantitative estimate of drug-likeness (QED) is 0.669. The number of aromatic nitrogens is 2. The molecule has 0 saturated heterocycles. The van der Waals surface area contributed by atoms with Gasteiger partial charge in [-0.3, -0.25) is 15.1 Å². The second-order valence-electron chi connectivity index (χ2n) is 5.98. The standard InChI is InChI=1S/C16H17N5O2S/c1-10-8-17-16(24-10)20-7-6-12-14(19-9-18-12)15(20)11-4-2-3-5-13(11)21(22)23/h2-5,9-10,15H,6-8H2,1H3,(H,18,19). The Balaban J connectivity index is 1.84. The largest absolute Gasteiger partial charge is 0.348 e. The highest BCUT2D eigenvalue weighted by atomic mass is 32.2. The third kappa shape index (κ3) is 2.47. The fraction of sp³-hybridized carbons (Fsp3) is 0.375. The van der Waals surface area contributed by atoms with E-state index in [9.17, 15) is 10.1 Å². The van der Waals surface area contributed by atoms with Gasteiger partial charge in [0.2, 0.25) is 0 Å². The fourth-order valence-corrected chi connectivity index (χ4v) is 4.29. The Morgan fingerprint density at radius 2 is 2.25 bits per heavy atom. The van der Waals surface area contributed by atoms with E-state index >= 15 is 0 Å². The number of nitro benzene ring substituents is 1. The number of nitro groups is 1. The van der Waals surface area contributed by atoms with Gasteiger partial charge in [-0.05, 0) is 6.07 Å². The Morgan fingerprint density at radius 3 is 3.00 bits per heavy atom. The van der Waals surface area contributed by atoms with Crippen LogP contribution in [0, 0.1) is 10.1 Å². The van der Waals surface area contributed by atoms with Gasteiger partial charge in [-0.15, -0.1) is 0 Å². The first-order valence-corrected chi connectivity index (χ1v) is 8.76. The third-order valence-electron chi connectivity index (χ3n) is 4.39. The van der Waals surface area contributed by atoms with Crippen molar-refractivity contribution < 1.29 is 4.92 Å². The molecule has 2 aromatic rings. The van der Waals surface area contributed by atoms with Crippen LogP contribution in [-0.4, -0.2) is 43.3 Å². The molecule has 2 atom stereocenters. The van der Waals surface area contributed by atoms with E-state index in [0.717, 1.165) is 36.1 Å². The van der Waals surface area contributed by atoms with Crippen molar-refractivity contribution in [1.29, 1.82) is 0 Å². The van der Waals surface area contributed by atoms with E-state index in [1.54, 1.807) is 30.2 Å². The van der Waals surface area contributed by atoms with E-state index in [2.05, 4.69) is 26.8 Å². The summed E-state index contributed by atoms with van der Waals surface area (Å²) in [6, 6.07) is 6.64. The van der Waals surface area contributed by atoms with Gasteiger partial charge in [-0.25, -0.2) is 4.98 Å². The molecular formula is C16H17N5O2S. The van der Waals surface area contributed by atoms with Crippen LogP contribution in [0.2, 0.25) is 0 Å². The number of nitrogens with zero attached hydrogens (tertiary/aromatic N) is 4. The molecule has 2 aliphatic rings. The van der Waals surface area contributed by atoms with Gasteiger partial charge in [-0.2, -0.15) is 0 Å². The zero-order chi connectivity index (χ0) is 16.7. The van der Waals surface area contributed by atoms with Gasteiger partial charge in [0.05, 0.1) is 29.1 Å². The number of H-pyrrole nitrogens is 1. The van der Waals surface area contributed by atoms with Crippen LogP contribution in [0.3, 0.4) is 0 Å². The second kappa shape index (κ2) is 5.94. The molecule has 1 aromatic carbocycles. The summed E-state index contributed by atoms with van der Waals surface area (Å²) in [7, 11) is 0. The van der Waals surface area contributed by atoms with E-state index in [1.165, 1.54) is 0 Å². The summed E-state index contributed by atoms with van der Waals surface area (Å²) in [6.45, 7) is 3.70. The fourth-order valence-electron chi connectivity index (χ4n) is 3.30. The highest BCUT2D eigenvalue weighted by Gasteiger charge is 2.38. The van der Waals surface area contributed by atoms with Gasteiger partial charge in [0.25, 0.3) is 5.69 Å². The number of nitrogens with one attached hydrogen (secondary N) is 1.